The minimum atomic E-state index is -1.15. The van der Waals surface area contributed by atoms with E-state index in [-0.39, 0.29) is 28.9 Å². The molecule has 0 aliphatic carbocycles. The van der Waals surface area contributed by atoms with Gasteiger partial charge in [-0.15, -0.1) is 0 Å². The number of nitrogens with zero attached hydrogens (tertiary/aromatic N) is 2. The van der Waals surface area contributed by atoms with Crippen LogP contribution in [0.25, 0.3) is 0 Å². The van der Waals surface area contributed by atoms with Gasteiger partial charge >= 0.3 is 5.97 Å². The summed E-state index contributed by atoms with van der Waals surface area (Å²) in [7, 11) is 1.23. The Hall–Kier alpha value is -2.78. The molecule has 0 spiro atoms. The summed E-state index contributed by atoms with van der Waals surface area (Å²) in [5.74, 6) is -2.90. The first-order valence-corrected chi connectivity index (χ1v) is 13.7. The molecule has 7 nitrogen and oxygen atoms in total. The van der Waals surface area contributed by atoms with Crippen molar-refractivity contribution in [2.45, 2.75) is 76.9 Å². The summed E-state index contributed by atoms with van der Waals surface area (Å²) in [5, 5.41) is 13.4. The highest BCUT2D eigenvalue weighted by Crippen LogP contribution is 2.38. The quantitative estimate of drug-likeness (QED) is 0.351. The van der Waals surface area contributed by atoms with Crippen molar-refractivity contribution in [3.63, 3.8) is 0 Å². The van der Waals surface area contributed by atoms with E-state index in [0.717, 1.165) is 56.6 Å². The van der Waals surface area contributed by atoms with Gasteiger partial charge in [-0.3, -0.25) is 9.69 Å². The number of carboxylic acids is 1. The zero-order valence-corrected chi connectivity index (χ0v) is 22.6. The summed E-state index contributed by atoms with van der Waals surface area (Å²) >= 11 is 0. The predicted octanol–water partition coefficient (Wildman–Crippen LogP) is 5.48. The first-order chi connectivity index (χ1) is 18.3. The van der Waals surface area contributed by atoms with E-state index in [0.29, 0.717) is 26.1 Å². The van der Waals surface area contributed by atoms with Crippen molar-refractivity contribution in [3.05, 3.63) is 52.2 Å². The van der Waals surface area contributed by atoms with Crippen molar-refractivity contribution in [3.8, 4) is 5.75 Å². The van der Waals surface area contributed by atoms with Crippen LogP contribution >= 0.6 is 0 Å². The molecular weight excluding hydrogens is 492 g/mol. The fourth-order valence-corrected chi connectivity index (χ4v) is 5.43. The molecule has 2 aliphatic heterocycles. The molecule has 2 N–H and O–H groups in total. The van der Waals surface area contributed by atoms with E-state index in [1.54, 1.807) is 18.7 Å². The number of aromatic nitrogens is 1. The molecule has 4 rings (SSSR count). The molecule has 0 amide bonds. The lowest BCUT2D eigenvalue weighted by molar-refractivity contribution is -0.143. The van der Waals surface area contributed by atoms with Crippen LogP contribution < -0.4 is 10.1 Å². The zero-order chi connectivity index (χ0) is 27.2. The molecule has 1 saturated heterocycles. The highest BCUT2D eigenvalue weighted by Gasteiger charge is 2.37. The predicted molar refractivity (Wildman–Crippen MR) is 142 cm³/mol. The number of halogens is 2. The van der Waals surface area contributed by atoms with Crippen molar-refractivity contribution >= 4 is 11.8 Å². The second-order valence-corrected chi connectivity index (χ2v) is 10.5. The van der Waals surface area contributed by atoms with E-state index < -0.39 is 23.6 Å². The number of hydrogen-bond acceptors (Lipinski definition) is 6. The monoisotopic (exact) mass is 531 g/mol. The molecule has 208 valence electrons. The van der Waals surface area contributed by atoms with Gasteiger partial charge in [-0.1, -0.05) is 26.3 Å². The number of hydrogen-bond donors (Lipinski definition) is 2. The van der Waals surface area contributed by atoms with Crippen LogP contribution in [0.5, 0.6) is 5.75 Å². The Bertz CT molecular complexity index is 1130. The lowest BCUT2D eigenvalue weighted by Crippen LogP contribution is -2.34. The van der Waals surface area contributed by atoms with Crippen LogP contribution in [-0.4, -0.2) is 60.4 Å². The number of ether oxygens (including phenoxy) is 2. The summed E-state index contributed by atoms with van der Waals surface area (Å²) < 4.78 is 40.5. The Morgan fingerprint density at radius 2 is 2.03 bits per heavy atom. The highest BCUT2D eigenvalue weighted by atomic mass is 19.2. The minimum Gasteiger partial charge on any atom is -0.493 e. The Morgan fingerprint density at radius 1 is 1.21 bits per heavy atom. The lowest BCUT2D eigenvalue weighted by Gasteiger charge is -2.27. The average Bonchev–Trinajstić information content (AvgIpc) is 3.36. The number of carbonyl (C=O) groups is 1. The fraction of sp³-hybridized carbons (Fsp3) is 0.586. The standard InChI is InChI=1S/C29H39F2N3O4/c1-18(2)22-16-23(27(37-3)25(31)24(22)30)26(29(35)36)34-14-12-21(17-34)38-15-6-4-5-9-20-11-10-19-8-7-13-32-28(19)33-20/h10-11,16,18,21,26H,4-9,12-15,17H2,1-3H3,(H,32,33)(H,35,36)/t21-,26?/m1/s1. The van der Waals surface area contributed by atoms with Gasteiger partial charge in [0, 0.05) is 37.5 Å². The summed E-state index contributed by atoms with van der Waals surface area (Å²) in [6.07, 6.45) is 6.71. The van der Waals surface area contributed by atoms with Gasteiger partial charge in [-0.2, -0.15) is 4.39 Å². The van der Waals surface area contributed by atoms with Crippen molar-refractivity contribution in [2.75, 3.05) is 38.7 Å². The molecule has 0 radical (unpaired) electrons. The Morgan fingerprint density at radius 3 is 2.76 bits per heavy atom. The Labute approximate surface area is 223 Å². The van der Waals surface area contributed by atoms with Gasteiger partial charge in [-0.05, 0) is 67.7 Å². The first-order valence-electron chi connectivity index (χ1n) is 13.7. The molecule has 2 aromatic rings. The topological polar surface area (TPSA) is 83.9 Å². The zero-order valence-electron chi connectivity index (χ0n) is 22.6. The fourth-order valence-electron chi connectivity index (χ4n) is 5.43. The number of likely N-dealkylation sites (tertiary alicyclic amines) is 1. The van der Waals surface area contributed by atoms with Crippen molar-refractivity contribution in [2.24, 2.45) is 0 Å². The minimum absolute atomic E-state index is 0.105. The van der Waals surface area contributed by atoms with E-state index in [1.165, 1.54) is 18.7 Å². The number of rotatable bonds is 12. The SMILES string of the molecule is COc1c(C(C(=O)O)N2CC[C@@H](OCCCCCc3ccc4c(n3)NCCC4)C2)cc(C(C)C)c(F)c1F. The van der Waals surface area contributed by atoms with Gasteiger partial charge in [0.1, 0.15) is 11.9 Å². The number of fused-ring (bicyclic) bond motifs is 1. The molecule has 0 bridgehead atoms. The second kappa shape index (κ2) is 12.8. The maximum absolute atomic E-state index is 14.8. The third-order valence-electron chi connectivity index (χ3n) is 7.50. The van der Waals surface area contributed by atoms with Crippen molar-refractivity contribution < 1.29 is 28.2 Å². The van der Waals surface area contributed by atoms with Gasteiger partial charge in [0.05, 0.1) is 13.2 Å². The van der Waals surface area contributed by atoms with E-state index in [2.05, 4.69) is 17.4 Å². The molecule has 9 heteroatoms. The van der Waals surface area contributed by atoms with Gasteiger partial charge < -0.3 is 19.9 Å². The average molecular weight is 532 g/mol. The number of benzene rings is 1. The number of methoxy groups -OCH3 is 1. The van der Waals surface area contributed by atoms with E-state index in [4.69, 9.17) is 14.5 Å². The molecule has 1 unspecified atom stereocenters. The molecule has 0 saturated carbocycles. The van der Waals surface area contributed by atoms with Crippen LogP contribution in [0.15, 0.2) is 18.2 Å². The maximum Gasteiger partial charge on any atom is 0.325 e. The molecule has 38 heavy (non-hydrogen) atoms. The molecule has 1 aromatic heterocycles. The third kappa shape index (κ3) is 6.43. The third-order valence-corrected chi connectivity index (χ3v) is 7.50. The summed E-state index contributed by atoms with van der Waals surface area (Å²) in [5.41, 5.74) is 2.68. The van der Waals surface area contributed by atoms with Crippen molar-refractivity contribution in [1.82, 2.24) is 9.88 Å². The number of aryl methyl sites for hydroxylation is 2. The molecule has 2 aliphatic rings. The molecule has 1 aromatic carbocycles. The number of anilines is 1. The maximum atomic E-state index is 14.8. The number of unbranched alkanes of at least 4 members (excludes halogenated alkanes) is 2. The highest BCUT2D eigenvalue weighted by molar-refractivity contribution is 5.77. The molecular formula is C29H39F2N3O4. The van der Waals surface area contributed by atoms with Crippen LogP contribution in [0.4, 0.5) is 14.6 Å². The normalized spacial score (nSPS) is 18.3. The number of carboxylic acid groups (broad SMARTS) is 1. The lowest BCUT2D eigenvalue weighted by atomic mass is 9.95. The molecule has 1 fully saturated rings. The van der Waals surface area contributed by atoms with Crippen LogP contribution in [0.3, 0.4) is 0 Å². The smallest absolute Gasteiger partial charge is 0.325 e. The molecule has 2 atom stereocenters. The van der Waals surface area contributed by atoms with Gasteiger partial charge in [-0.25, -0.2) is 9.37 Å². The van der Waals surface area contributed by atoms with E-state index >= 15 is 0 Å². The largest absolute Gasteiger partial charge is 0.493 e. The second-order valence-electron chi connectivity index (χ2n) is 10.5. The number of pyridine rings is 1. The summed E-state index contributed by atoms with van der Waals surface area (Å²) in [6.45, 7) is 5.96. The number of aliphatic carboxylic acids is 1. The van der Waals surface area contributed by atoms with E-state index in [1.807, 2.05) is 0 Å². The van der Waals surface area contributed by atoms with Crippen molar-refractivity contribution in [1.29, 1.82) is 0 Å². The van der Waals surface area contributed by atoms with Crippen LogP contribution in [-0.2, 0) is 22.4 Å². The Balaban J connectivity index is 1.28. The molecule has 3 heterocycles. The van der Waals surface area contributed by atoms with E-state index in [9.17, 15) is 18.7 Å². The van der Waals surface area contributed by atoms with Crippen LogP contribution in [0, 0.1) is 11.6 Å². The van der Waals surface area contributed by atoms with Crippen LogP contribution in [0.1, 0.15) is 80.3 Å². The summed E-state index contributed by atoms with van der Waals surface area (Å²) in [6, 6.07) is 4.59. The van der Waals surface area contributed by atoms with Gasteiger partial charge in [0.25, 0.3) is 0 Å². The van der Waals surface area contributed by atoms with Crippen LogP contribution in [0.2, 0.25) is 0 Å². The Kier molecular flexibility index (Phi) is 9.54. The first kappa shape index (κ1) is 28.2. The van der Waals surface area contributed by atoms with Gasteiger partial charge in [0.2, 0.25) is 5.82 Å². The number of nitrogens with one attached hydrogen (secondary N) is 1. The summed E-state index contributed by atoms with van der Waals surface area (Å²) in [4.78, 5) is 18.8. The van der Waals surface area contributed by atoms with Gasteiger partial charge in [0.15, 0.2) is 11.6 Å².